The topological polar surface area (TPSA) is 26.0 Å². The molecule has 1 nitrogen and oxygen atoms in total. The summed E-state index contributed by atoms with van der Waals surface area (Å²) >= 11 is 1.71. The molecule has 0 radical (unpaired) electrons. The molecule has 1 aromatic carbocycles. The van der Waals surface area contributed by atoms with Crippen LogP contribution in [0.25, 0.3) is 0 Å². The van der Waals surface area contributed by atoms with Crippen LogP contribution < -0.4 is 5.73 Å². The molecule has 1 aromatic rings. The highest BCUT2D eigenvalue weighted by Crippen LogP contribution is 2.18. The molecule has 0 saturated carbocycles. The minimum atomic E-state index is -0.182. The molecule has 0 aliphatic carbocycles. The highest BCUT2D eigenvalue weighted by atomic mass is 32.2. The van der Waals surface area contributed by atoms with Crippen LogP contribution in [0.5, 0.6) is 0 Å². The molecule has 0 aliphatic heterocycles. The Balaban J connectivity index is 2.37. The maximum absolute atomic E-state index is 12.4. The Bertz CT molecular complexity index is 222. The number of hydrogen-bond acceptors (Lipinski definition) is 2. The van der Waals surface area contributed by atoms with E-state index < -0.39 is 0 Å². The molecular formula is C9H12FNS. The molecule has 0 saturated heterocycles. The first-order valence-corrected chi connectivity index (χ1v) is 4.90. The second-order valence-corrected chi connectivity index (χ2v) is 3.61. The lowest BCUT2D eigenvalue weighted by Gasteiger charge is -1.99. The number of halogens is 1. The van der Waals surface area contributed by atoms with E-state index in [2.05, 4.69) is 0 Å². The van der Waals surface area contributed by atoms with E-state index in [1.165, 1.54) is 12.1 Å². The minimum Gasteiger partial charge on any atom is -0.330 e. The average molecular weight is 185 g/mol. The number of thioether (sulfide) groups is 1. The van der Waals surface area contributed by atoms with E-state index in [-0.39, 0.29) is 5.82 Å². The molecule has 12 heavy (non-hydrogen) atoms. The Morgan fingerprint density at radius 1 is 1.25 bits per heavy atom. The van der Waals surface area contributed by atoms with Crippen molar-refractivity contribution in [3.05, 3.63) is 30.1 Å². The number of nitrogens with two attached hydrogens (primary N) is 1. The van der Waals surface area contributed by atoms with Crippen molar-refractivity contribution in [2.24, 2.45) is 5.73 Å². The van der Waals surface area contributed by atoms with Crippen LogP contribution in [0.3, 0.4) is 0 Å². The summed E-state index contributed by atoms with van der Waals surface area (Å²) in [4.78, 5) is 1.10. The minimum absolute atomic E-state index is 0.182. The van der Waals surface area contributed by atoms with E-state index in [4.69, 9.17) is 5.73 Å². The van der Waals surface area contributed by atoms with Crippen LogP contribution in [0.1, 0.15) is 6.42 Å². The Morgan fingerprint density at radius 3 is 2.50 bits per heavy atom. The monoisotopic (exact) mass is 185 g/mol. The van der Waals surface area contributed by atoms with Gasteiger partial charge in [-0.25, -0.2) is 4.39 Å². The van der Waals surface area contributed by atoms with Crippen LogP contribution in [0, 0.1) is 5.82 Å². The molecule has 0 spiro atoms. The van der Waals surface area contributed by atoms with Crippen molar-refractivity contribution in [3.8, 4) is 0 Å². The predicted molar refractivity (Wildman–Crippen MR) is 50.8 cm³/mol. The lowest BCUT2D eigenvalue weighted by Crippen LogP contribution is -1.99. The molecule has 0 unspecified atom stereocenters. The van der Waals surface area contributed by atoms with Gasteiger partial charge in [0, 0.05) is 4.90 Å². The third-order valence-electron chi connectivity index (χ3n) is 1.43. The highest BCUT2D eigenvalue weighted by Gasteiger charge is 1.93. The lowest BCUT2D eigenvalue weighted by molar-refractivity contribution is 0.626. The molecule has 3 heteroatoms. The molecule has 0 amide bonds. The van der Waals surface area contributed by atoms with Gasteiger partial charge < -0.3 is 5.73 Å². The molecule has 0 fully saturated rings. The van der Waals surface area contributed by atoms with Gasteiger partial charge in [0.05, 0.1) is 0 Å². The van der Waals surface area contributed by atoms with E-state index in [0.29, 0.717) is 6.54 Å². The van der Waals surface area contributed by atoms with E-state index in [0.717, 1.165) is 17.1 Å². The van der Waals surface area contributed by atoms with Gasteiger partial charge in [-0.1, -0.05) is 0 Å². The van der Waals surface area contributed by atoms with Gasteiger partial charge in [0.1, 0.15) is 5.82 Å². The summed E-state index contributed by atoms with van der Waals surface area (Å²) < 4.78 is 12.4. The van der Waals surface area contributed by atoms with E-state index in [1.54, 1.807) is 23.9 Å². The number of hydrogen-bond donors (Lipinski definition) is 1. The third kappa shape index (κ3) is 3.24. The van der Waals surface area contributed by atoms with Crippen LogP contribution in [-0.2, 0) is 0 Å². The first-order valence-electron chi connectivity index (χ1n) is 3.91. The summed E-state index contributed by atoms with van der Waals surface area (Å²) in [6, 6.07) is 6.53. The fourth-order valence-corrected chi connectivity index (χ4v) is 1.68. The zero-order valence-corrected chi connectivity index (χ0v) is 7.61. The van der Waals surface area contributed by atoms with Crippen molar-refractivity contribution < 1.29 is 4.39 Å². The summed E-state index contributed by atoms with van der Waals surface area (Å²) in [5.41, 5.74) is 5.34. The second kappa shape index (κ2) is 5.17. The van der Waals surface area contributed by atoms with Gasteiger partial charge in [-0.05, 0) is 43.0 Å². The quantitative estimate of drug-likeness (QED) is 0.575. The van der Waals surface area contributed by atoms with Crippen LogP contribution in [-0.4, -0.2) is 12.3 Å². The zero-order chi connectivity index (χ0) is 8.81. The van der Waals surface area contributed by atoms with Gasteiger partial charge in [-0.3, -0.25) is 0 Å². The average Bonchev–Trinajstić information content (AvgIpc) is 2.09. The van der Waals surface area contributed by atoms with Crippen molar-refractivity contribution in [2.45, 2.75) is 11.3 Å². The van der Waals surface area contributed by atoms with Gasteiger partial charge in [-0.15, -0.1) is 11.8 Å². The van der Waals surface area contributed by atoms with Crippen molar-refractivity contribution in [3.63, 3.8) is 0 Å². The maximum atomic E-state index is 12.4. The van der Waals surface area contributed by atoms with Crippen LogP contribution in [0.2, 0.25) is 0 Å². The van der Waals surface area contributed by atoms with E-state index in [9.17, 15) is 4.39 Å². The lowest BCUT2D eigenvalue weighted by atomic mass is 10.4. The second-order valence-electron chi connectivity index (χ2n) is 2.44. The third-order valence-corrected chi connectivity index (χ3v) is 2.53. The van der Waals surface area contributed by atoms with Crippen LogP contribution in [0.15, 0.2) is 29.2 Å². The van der Waals surface area contributed by atoms with Gasteiger partial charge in [-0.2, -0.15) is 0 Å². The molecule has 66 valence electrons. The fourth-order valence-electron chi connectivity index (χ4n) is 0.804. The molecule has 0 heterocycles. The van der Waals surface area contributed by atoms with Crippen molar-refractivity contribution in [1.29, 1.82) is 0 Å². The summed E-state index contributed by atoms with van der Waals surface area (Å²) in [6.45, 7) is 0.716. The van der Waals surface area contributed by atoms with E-state index >= 15 is 0 Å². The zero-order valence-electron chi connectivity index (χ0n) is 6.79. The van der Waals surface area contributed by atoms with Gasteiger partial charge in [0.15, 0.2) is 0 Å². The maximum Gasteiger partial charge on any atom is 0.123 e. The molecule has 0 aromatic heterocycles. The largest absolute Gasteiger partial charge is 0.330 e. The van der Waals surface area contributed by atoms with Crippen molar-refractivity contribution >= 4 is 11.8 Å². The van der Waals surface area contributed by atoms with Gasteiger partial charge in [0.2, 0.25) is 0 Å². The summed E-state index contributed by atoms with van der Waals surface area (Å²) in [7, 11) is 0. The predicted octanol–water partition coefficient (Wildman–Crippen LogP) is 2.27. The van der Waals surface area contributed by atoms with Gasteiger partial charge in [0.25, 0.3) is 0 Å². The number of rotatable bonds is 4. The Labute approximate surface area is 76.2 Å². The van der Waals surface area contributed by atoms with Crippen molar-refractivity contribution in [1.82, 2.24) is 0 Å². The molecular weight excluding hydrogens is 173 g/mol. The van der Waals surface area contributed by atoms with Crippen LogP contribution in [0.4, 0.5) is 4.39 Å². The first kappa shape index (κ1) is 9.55. The molecule has 0 atom stereocenters. The Hall–Kier alpha value is -0.540. The SMILES string of the molecule is NCCCSc1ccc(F)cc1. The molecule has 0 aliphatic rings. The molecule has 1 rings (SSSR count). The first-order chi connectivity index (χ1) is 5.83. The van der Waals surface area contributed by atoms with Crippen LogP contribution >= 0.6 is 11.8 Å². The Morgan fingerprint density at radius 2 is 1.92 bits per heavy atom. The van der Waals surface area contributed by atoms with Gasteiger partial charge >= 0.3 is 0 Å². The normalized spacial score (nSPS) is 10.2. The molecule has 2 N–H and O–H groups in total. The summed E-state index contributed by atoms with van der Waals surface area (Å²) in [6.07, 6.45) is 1.00. The van der Waals surface area contributed by atoms with E-state index in [1.807, 2.05) is 0 Å². The standard InChI is InChI=1S/C9H12FNS/c10-8-2-4-9(5-3-8)12-7-1-6-11/h2-5H,1,6-7,11H2. The molecule has 0 bridgehead atoms. The highest BCUT2D eigenvalue weighted by molar-refractivity contribution is 7.99. The summed E-state index contributed by atoms with van der Waals surface area (Å²) in [5.74, 6) is 0.820. The summed E-state index contributed by atoms with van der Waals surface area (Å²) in [5, 5.41) is 0. The Kier molecular flexibility index (Phi) is 4.11. The fraction of sp³-hybridized carbons (Fsp3) is 0.333. The smallest absolute Gasteiger partial charge is 0.123 e. The number of benzene rings is 1. The van der Waals surface area contributed by atoms with Crippen molar-refractivity contribution in [2.75, 3.05) is 12.3 Å².